The quantitative estimate of drug-likeness (QED) is 0.575. The summed E-state index contributed by atoms with van der Waals surface area (Å²) in [5.74, 6) is 0.254. The highest BCUT2D eigenvalue weighted by Gasteiger charge is 2.48. The van der Waals surface area contributed by atoms with Gasteiger partial charge in [-0.2, -0.15) is 0 Å². The Balaban J connectivity index is 1.92. The molecule has 1 saturated heterocycles. The Kier molecular flexibility index (Phi) is 8.02. The van der Waals surface area contributed by atoms with Gasteiger partial charge in [-0.1, -0.05) is 57.2 Å². The number of aliphatic hydroxyl groups excluding tert-OH is 1. The molecule has 0 aliphatic carbocycles. The molecule has 2 heterocycles. The summed E-state index contributed by atoms with van der Waals surface area (Å²) in [6.45, 7) is 3.03. The third-order valence-electron chi connectivity index (χ3n) is 4.65. The lowest BCUT2D eigenvalue weighted by atomic mass is 10.1. The van der Waals surface area contributed by atoms with Gasteiger partial charge >= 0.3 is 6.03 Å². The van der Waals surface area contributed by atoms with Gasteiger partial charge in [-0.25, -0.2) is 9.79 Å². The minimum atomic E-state index is -0.466. The van der Waals surface area contributed by atoms with Gasteiger partial charge in [0.15, 0.2) is 17.4 Å². The first kappa shape index (κ1) is 20.0. The van der Waals surface area contributed by atoms with Gasteiger partial charge in [0, 0.05) is 19.3 Å². The van der Waals surface area contributed by atoms with E-state index in [1.807, 2.05) is 4.90 Å². The fourth-order valence-electron chi connectivity index (χ4n) is 3.23. The van der Waals surface area contributed by atoms with Crippen LogP contribution in [0.4, 0.5) is 4.79 Å². The number of likely N-dealkylation sites (N-methyl/N-ethyl adjacent to an activating group) is 1. The zero-order valence-electron chi connectivity index (χ0n) is 15.2. The molecule has 2 atom stereocenters. The molecule has 0 saturated carbocycles. The van der Waals surface area contributed by atoms with Crippen LogP contribution in [0.3, 0.4) is 0 Å². The number of hydrogen-bond acceptors (Lipinski definition) is 6. The maximum absolute atomic E-state index is 12.3. The number of urea groups is 1. The molecule has 2 N–H and O–H groups in total. The van der Waals surface area contributed by atoms with E-state index in [9.17, 15) is 9.59 Å². The van der Waals surface area contributed by atoms with Gasteiger partial charge in [-0.05, 0) is 6.42 Å². The van der Waals surface area contributed by atoms with Crippen LogP contribution >= 0.6 is 11.8 Å². The molecule has 0 bridgehead atoms. The second-order valence-electron chi connectivity index (χ2n) is 6.56. The molecule has 1 fully saturated rings. The zero-order valence-corrected chi connectivity index (χ0v) is 16.1. The summed E-state index contributed by atoms with van der Waals surface area (Å²) in [6.07, 6.45) is 7.97. The molecule has 2 rings (SSSR count). The number of nitrogens with one attached hydrogen (secondary N) is 1. The number of carbonyl (C=O) groups excluding carboxylic acids is 2. The van der Waals surface area contributed by atoms with Crippen molar-refractivity contribution < 1.29 is 14.7 Å². The number of rotatable bonds is 10. The molecule has 0 radical (unpaired) electrons. The number of amidine groups is 1. The van der Waals surface area contributed by atoms with Crippen molar-refractivity contribution in [1.29, 1.82) is 0 Å². The standard InChI is InChI=1S/C17H30N4O3S/c1-3-4-5-6-7-8-9-10-21-13-14(18-17(21)25-12-11-22)20(2)16(24)19-15(13)23/h13-14,22H,3-12H2,1-2H3,(H,19,23,24). The fraction of sp³-hybridized carbons (Fsp3) is 0.824. The summed E-state index contributed by atoms with van der Waals surface area (Å²) < 4.78 is 0. The van der Waals surface area contributed by atoms with Crippen molar-refractivity contribution in [2.75, 3.05) is 26.0 Å². The average molecular weight is 371 g/mol. The van der Waals surface area contributed by atoms with Crippen LogP contribution in [0.25, 0.3) is 0 Å². The minimum Gasteiger partial charge on any atom is -0.396 e. The van der Waals surface area contributed by atoms with E-state index in [1.165, 1.54) is 48.8 Å². The van der Waals surface area contributed by atoms with Crippen LogP contribution < -0.4 is 5.32 Å². The largest absolute Gasteiger partial charge is 0.396 e. The highest BCUT2D eigenvalue weighted by Crippen LogP contribution is 2.28. The average Bonchev–Trinajstić information content (AvgIpc) is 2.96. The van der Waals surface area contributed by atoms with Crippen LogP contribution in [0.2, 0.25) is 0 Å². The normalized spacial score (nSPS) is 22.9. The second kappa shape index (κ2) is 10.0. The number of aliphatic hydroxyl groups is 1. The predicted octanol–water partition coefficient (Wildman–Crippen LogP) is 2.01. The molecule has 7 nitrogen and oxygen atoms in total. The first-order chi connectivity index (χ1) is 12.1. The minimum absolute atomic E-state index is 0.0608. The Hall–Kier alpha value is -1.28. The Morgan fingerprint density at radius 1 is 1.16 bits per heavy atom. The van der Waals surface area contributed by atoms with Crippen molar-refractivity contribution in [3.8, 4) is 0 Å². The maximum atomic E-state index is 12.3. The number of unbranched alkanes of at least 4 members (excludes halogenated alkanes) is 6. The number of carbonyl (C=O) groups is 2. The summed E-state index contributed by atoms with van der Waals surface area (Å²) in [4.78, 5) is 32.2. The highest BCUT2D eigenvalue weighted by molar-refractivity contribution is 8.13. The van der Waals surface area contributed by atoms with E-state index in [2.05, 4.69) is 17.2 Å². The molecule has 0 aromatic heterocycles. The summed E-state index contributed by atoms with van der Waals surface area (Å²) >= 11 is 1.45. The summed E-state index contributed by atoms with van der Waals surface area (Å²) in [5.41, 5.74) is 0. The monoisotopic (exact) mass is 370 g/mol. The molecule has 25 heavy (non-hydrogen) atoms. The molecule has 2 aliphatic heterocycles. The summed E-state index contributed by atoms with van der Waals surface area (Å²) in [7, 11) is 1.66. The zero-order chi connectivity index (χ0) is 18.2. The Bertz CT molecular complexity index is 500. The first-order valence-corrected chi connectivity index (χ1v) is 10.2. The van der Waals surface area contributed by atoms with Crippen LogP contribution in [0.1, 0.15) is 51.9 Å². The Morgan fingerprint density at radius 2 is 1.84 bits per heavy atom. The SMILES string of the molecule is CCCCCCCCCN1C(SCCO)=NC2C1C(=O)NC(=O)N2C. The van der Waals surface area contributed by atoms with E-state index < -0.39 is 18.2 Å². The van der Waals surface area contributed by atoms with Gasteiger partial charge < -0.3 is 14.9 Å². The second-order valence-corrected chi connectivity index (χ2v) is 7.62. The van der Waals surface area contributed by atoms with Crippen LogP contribution in [-0.2, 0) is 4.79 Å². The van der Waals surface area contributed by atoms with Gasteiger partial charge in [0.2, 0.25) is 0 Å². The number of thioether (sulfide) groups is 1. The van der Waals surface area contributed by atoms with Crippen molar-refractivity contribution >= 4 is 28.9 Å². The molecule has 8 heteroatoms. The van der Waals surface area contributed by atoms with E-state index in [1.54, 1.807) is 7.05 Å². The van der Waals surface area contributed by atoms with Crippen LogP contribution in [-0.4, -0.2) is 70.2 Å². The molecular formula is C17H30N4O3S. The number of hydrogen-bond donors (Lipinski definition) is 2. The third kappa shape index (κ3) is 5.10. The number of imide groups is 1. The van der Waals surface area contributed by atoms with E-state index in [0.717, 1.165) is 24.6 Å². The van der Waals surface area contributed by atoms with Crippen molar-refractivity contribution in [2.45, 2.75) is 64.1 Å². The summed E-state index contributed by atoms with van der Waals surface area (Å²) in [5, 5.41) is 12.3. The van der Waals surface area contributed by atoms with Crippen molar-refractivity contribution in [3.63, 3.8) is 0 Å². The molecule has 3 amide bonds. The Labute approximate surface area is 154 Å². The molecule has 2 unspecified atom stereocenters. The topological polar surface area (TPSA) is 85.2 Å². The number of fused-ring (bicyclic) bond motifs is 1. The van der Waals surface area contributed by atoms with Crippen molar-refractivity contribution in [1.82, 2.24) is 15.1 Å². The third-order valence-corrected chi connectivity index (χ3v) is 5.63. The lowest BCUT2D eigenvalue weighted by Gasteiger charge is -2.36. The number of aliphatic imine (C=N–C) groups is 1. The Morgan fingerprint density at radius 3 is 2.52 bits per heavy atom. The molecule has 0 spiro atoms. The van der Waals surface area contributed by atoms with Gasteiger partial charge in [0.05, 0.1) is 6.61 Å². The number of nitrogens with zero attached hydrogens (tertiary/aromatic N) is 3. The van der Waals surface area contributed by atoms with Gasteiger partial charge in [0.1, 0.15) is 0 Å². The van der Waals surface area contributed by atoms with E-state index >= 15 is 0 Å². The molecule has 142 valence electrons. The van der Waals surface area contributed by atoms with E-state index in [0.29, 0.717) is 5.75 Å². The van der Waals surface area contributed by atoms with Crippen LogP contribution in [0, 0.1) is 0 Å². The molecule has 2 aliphatic rings. The first-order valence-electron chi connectivity index (χ1n) is 9.26. The summed E-state index contributed by atoms with van der Waals surface area (Å²) in [6, 6.07) is -0.858. The fourth-order valence-corrected chi connectivity index (χ4v) is 4.06. The molecule has 0 aromatic rings. The highest BCUT2D eigenvalue weighted by atomic mass is 32.2. The van der Waals surface area contributed by atoms with Gasteiger partial charge in [0.25, 0.3) is 5.91 Å². The maximum Gasteiger partial charge on any atom is 0.325 e. The molecular weight excluding hydrogens is 340 g/mol. The van der Waals surface area contributed by atoms with E-state index in [-0.39, 0.29) is 12.5 Å². The van der Waals surface area contributed by atoms with Gasteiger partial charge in [-0.3, -0.25) is 10.1 Å². The lowest BCUT2D eigenvalue weighted by molar-refractivity contribution is -0.127. The van der Waals surface area contributed by atoms with Crippen LogP contribution in [0.15, 0.2) is 4.99 Å². The lowest BCUT2D eigenvalue weighted by Crippen LogP contribution is -2.63. The molecule has 0 aromatic carbocycles. The van der Waals surface area contributed by atoms with Crippen molar-refractivity contribution in [3.05, 3.63) is 0 Å². The van der Waals surface area contributed by atoms with Gasteiger partial charge in [-0.15, -0.1) is 0 Å². The van der Waals surface area contributed by atoms with Crippen LogP contribution in [0.5, 0.6) is 0 Å². The van der Waals surface area contributed by atoms with E-state index in [4.69, 9.17) is 5.11 Å². The van der Waals surface area contributed by atoms with Crippen molar-refractivity contribution in [2.24, 2.45) is 4.99 Å². The smallest absolute Gasteiger partial charge is 0.325 e. The predicted molar refractivity (Wildman–Crippen MR) is 101 cm³/mol. The number of amides is 3.